The van der Waals surface area contributed by atoms with Crippen LogP contribution in [0.5, 0.6) is 0 Å². The summed E-state index contributed by atoms with van der Waals surface area (Å²) in [6, 6.07) is 14.4. The van der Waals surface area contributed by atoms with Gasteiger partial charge in [-0.3, -0.25) is 14.9 Å². The van der Waals surface area contributed by atoms with Crippen molar-refractivity contribution in [2.24, 2.45) is 7.05 Å². The number of benzene rings is 2. The number of carbonyl (C=O) groups excluding carboxylic acids is 1. The number of halogens is 1. The molecule has 1 aromatic heterocycles. The van der Waals surface area contributed by atoms with Crippen LogP contribution in [0.2, 0.25) is 0 Å². The van der Waals surface area contributed by atoms with Crippen molar-refractivity contribution in [3.05, 3.63) is 54.1 Å². The second kappa shape index (κ2) is 9.13. The van der Waals surface area contributed by atoms with E-state index < -0.39 is 10.0 Å². The number of sulfonamides is 1. The van der Waals surface area contributed by atoms with E-state index in [1.807, 2.05) is 30.3 Å². The molecule has 0 spiro atoms. The maximum Gasteiger partial charge on any atom is 0.265 e. The fourth-order valence-corrected chi connectivity index (χ4v) is 4.11. The van der Waals surface area contributed by atoms with Gasteiger partial charge in [0.25, 0.3) is 5.91 Å². The van der Waals surface area contributed by atoms with Crippen LogP contribution in [0.3, 0.4) is 0 Å². The molecule has 31 heavy (non-hydrogen) atoms. The monoisotopic (exact) mass is 464 g/mol. The van der Waals surface area contributed by atoms with Crippen LogP contribution in [0.1, 0.15) is 10.4 Å². The molecule has 1 saturated heterocycles. The highest BCUT2D eigenvalue weighted by Gasteiger charge is 2.22. The van der Waals surface area contributed by atoms with Crippen LogP contribution < -0.4 is 15.0 Å². The minimum atomic E-state index is -3.34. The molecule has 0 bridgehead atoms. The van der Waals surface area contributed by atoms with E-state index in [2.05, 4.69) is 25.7 Å². The number of hydrogen-bond donors (Lipinski definition) is 2. The molecule has 0 aliphatic carbocycles. The van der Waals surface area contributed by atoms with Gasteiger partial charge in [0.2, 0.25) is 16.0 Å². The SMILES string of the molecule is Cl.Cn1c(N2CCN(NC(=O)c3ccc(NS(C)(=O)=O)cc3)CC2)nc2ccccc21. The number of imidazole rings is 1. The Morgan fingerprint density at radius 1 is 1.00 bits per heavy atom. The molecular formula is C20H25ClN6O3S. The molecule has 0 atom stereocenters. The standard InChI is InChI=1S/C20H24N6O3S.ClH/c1-24-18-6-4-3-5-17(18)21-20(24)25-11-13-26(14-12-25)22-19(27)15-7-9-16(10-8-15)23-30(2,28)29;/h3-10,23H,11-14H2,1-2H3,(H,22,27);1H. The van der Waals surface area contributed by atoms with Gasteiger partial charge in [0, 0.05) is 44.5 Å². The average molecular weight is 465 g/mol. The predicted octanol–water partition coefficient (Wildman–Crippen LogP) is 1.83. The molecule has 1 aliphatic heterocycles. The van der Waals surface area contributed by atoms with E-state index >= 15 is 0 Å². The highest BCUT2D eigenvalue weighted by atomic mass is 35.5. The van der Waals surface area contributed by atoms with Crippen molar-refractivity contribution in [3.8, 4) is 0 Å². The van der Waals surface area contributed by atoms with E-state index in [0.717, 1.165) is 36.3 Å². The Bertz CT molecular complexity index is 1170. The first-order valence-electron chi connectivity index (χ1n) is 9.60. The largest absolute Gasteiger partial charge is 0.340 e. The lowest BCUT2D eigenvalue weighted by atomic mass is 10.2. The zero-order valence-corrected chi connectivity index (χ0v) is 18.9. The second-order valence-corrected chi connectivity index (χ2v) is 9.07. The topological polar surface area (TPSA) is 99.6 Å². The molecule has 1 aliphatic rings. The molecule has 11 heteroatoms. The number of amides is 1. The molecule has 0 saturated carbocycles. The molecule has 0 unspecified atom stereocenters. The summed E-state index contributed by atoms with van der Waals surface area (Å²) < 4.78 is 27.0. The minimum absolute atomic E-state index is 0. The third-order valence-corrected chi connectivity index (χ3v) is 5.64. The second-order valence-electron chi connectivity index (χ2n) is 7.33. The van der Waals surface area contributed by atoms with Gasteiger partial charge in [0.15, 0.2) is 0 Å². The number of aryl methyl sites for hydroxylation is 1. The van der Waals surface area contributed by atoms with Crippen LogP contribution in [0, 0.1) is 0 Å². The average Bonchev–Trinajstić information content (AvgIpc) is 3.05. The van der Waals surface area contributed by atoms with Crippen molar-refractivity contribution in [1.29, 1.82) is 0 Å². The summed E-state index contributed by atoms with van der Waals surface area (Å²) >= 11 is 0. The zero-order chi connectivity index (χ0) is 21.3. The van der Waals surface area contributed by atoms with E-state index in [9.17, 15) is 13.2 Å². The quantitative estimate of drug-likeness (QED) is 0.597. The predicted molar refractivity (Wildman–Crippen MR) is 124 cm³/mol. The highest BCUT2D eigenvalue weighted by Crippen LogP contribution is 2.21. The highest BCUT2D eigenvalue weighted by molar-refractivity contribution is 7.92. The minimum Gasteiger partial charge on any atom is -0.340 e. The Balaban J connectivity index is 0.00000272. The summed E-state index contributed by atoms with van der Waals surface area (Å²) in [6.07, 6.45) is 1.08. The summed E-state index contributed by atoms with van der Waals surface area (Å²) in [5.41, 5.74) is 5.87. The molecule has 2 heterocycles. The molecule has 9 nitrogen and oxygen atoms in total. The Labute approximate surface area is 187 Å². The van der Waals surface area contributed by atoms with E-state index in [4.69, 9.17) is 4.98 Å². The molecule has 2 aromatic carbocycles. The number of fused-ring (bicyclic) bond motifs is 1. The van der Waals surface area contributed by atoms with Crippen LogP contribution in [0.4, 0.5) is 11.6 Å². The maximum atomic E-state index is 12.5. The number of aromatic nitrogens is 2. The first-order valence-corrected chi connectivity index (χ1v) is 11.5. The molecule has 0 radical (unpaired) electrons. The molecule has 1 amide bonds. The Morgan fingerprint density at radius 2 is 1.65 bits per heavy atom. The summed E-state index contributed by atoms with van der Waals surface area (Å²) in [5.74, 6) is 0.702. The Hall–Kier alpha value is -2.82. The molecular weight excluding hydrogens is 440 g/mol. The van der Waals surface area contributed by atoms with Crippen molar-refractivity contribution in [2.75, 3.05) is 42.1 Å². The number of hydrogen-bond acceptors (Lipinski definition) is 6. The van der Waals surface area contributed by atoms with Gasteiger partial charge in [-0.1, -0.05) is 12.1 Å². The summed E-state index contributed by atoms with van der Waals surface area (Å²) in [4.78, 5) is 19.5. The fourth-order valence-electron chi connectivity index (χ4n) is 3.55. The lowest BCUT2D eigenvalue weighted by Gasteiger charge is -2.35. The Kier molecular flexibility index (Phi) is 6.73. The summed E-state index contributed by atoms with van der Waals surface area (Å²) in [7, 11) is -1.33. The smallest absolute Gasteiger partial charge is 0.265 e. The summed E-state index contributed by atoms with van der Waals surface area (Å²) in [6.45, 7) is 2.83. The van der Waals surface area contributed by atoms with Crippen LogP contribution in [0.25, 0.3) is 11.0 Å². The van der Waals surface area contributed by atoms with Crippen molar-refractivity contribution in [2.45, 2.75) is 0 Å². The van der Waals surface area contributed by atoms with Crippen molar-refractivity contribution >= 4 is 51.0 Å². The van der Waals surface area contributed by atoms with Gasteiger partial charge >= 0.3 is 0 Å². The van der Waals surface area contributed by atoms with Gasteiger partial charge in [0.1, 0.15) is 0 Å². The zero-order valence-electron chi connectivity index (χ0n) is 17.3. The third-order valence-electron chi connectivity index (χ3n) is 5.04. The number of rotatable bonds is 5. The van der Waals surface area contributed by atoms with Crippen molar-refractivity contribution in [3.63, 3.8) is 0 Å². The van der Waals surface area contributed by atoms with Gasteiger partial charge in [-0.05, 0) is 36.4 Å². The first kappa shape index (κ1) is 22.9. The van der Waals surface area contributed by atoms with Crippen molar-refractivity contribution in [1.82, 2.24) is 20.0 Å². The van der Waals surface area contributed by atoms with Crippen LogP contribution >= 0.6 is 12.4 Å². The molecule has 1 fully saturated rings. The van der Waals surface area contributed by atoms with Gasteiger partial charge in [-0.2, -0.15) is 0 Å². The molecule has 4 rings (SSSR count). The number of piperazine rings is 1. The fraction of sp³-hybridized carbons (Fsp3) is 0.300. The van der Waals surface area contributed by atoms with Crippen LogP contribution in [-0.2, 0) is 17.1 Å². The lowest BCUT2D eigenvalue weighted by molar-refractivity contribution is 0.0777. The van der Waals surface area contributed by atoms with E-state index in [0.29, 0.717) is 24.3 Å². The van der Waals surface area contributed by atoms with E-state index in [-0.39, 0.29) is 18.3 Å². The van der Waals surface area contributed by atoms with Gasteiger partial charge in [-0.15, -0.1) is 12.4 Å². The van der Waals surface area contributed by atoms with Gasteiger partial charge in [0.05, 0.1) is 17.3 Å². The maximum absolute atomic E-state index is 12.5. The number of para-hydroxylation sites is 2. The normalized spacial score (nSPS) is 14.8. The van der Waals surface area contributed by atoms with Crippen LogP contribution in [-0.4, -0.2) is 61.3 Å². The van der Waals surface area contributed by atoms with E-state index in [1.165, 1.54) is 0 Å². The van der Waals surface area contributed by atoms with E-state index in [1.54, 1.807) is 24.3 Å². The first-order chi connectivity index (χ1) is 14.3. The Morgan fingerprint density at radius 3 is 2.26 bits per heavy atom. The number of nitrogens with one attached hydrogen (secondary N) is 2. The summed E-state index contributed by atoms with van der Waals surface area (Å²) in [5, 5.41) is 1.89. The van der Waals surface area contributed by atoms with Crippen LogP contribution in [0.15, 0.2) is 48.5 Å². The third kappa shape index (κ3) is 5.27. The molecule has 3 aromatic rings. The molecule has 166 valence electrons. The number of anilines is 2. The van der Waals surface area contributed by atoms with Gasteiger partial charge < -0.3 is 9.47 Å². The molecule has 2 N–H and O–H groups in total. The van der Waals surface area contributed by atoms with Gasteiger partial charge in [-0.25, -0.2) is 18.4 Å². The number of carbonyl (C=O) groups is 1. The van der Waals surface area contributed by atoms with Crippen molar-refractivity contribution < 1.29 is 13.2 Å². The number of hydrazine groups is 1. The number of nitrogens with zero attached hydrogens (tertiary/aromatic N) is 4. The lowest BCUT2D eigenvalue weighted by Crippen LogP contribution is -2.54.